The van der Waals surface area contributed by atoms with Crippen molar-refractivity contribution >= 4 is 33.1 Å². The van der Waals surface area contributed by atoms with Gasteiger partial charge < -0.3 is 10.2 Å². The largest absolute Gasteiger partial charge is 0.325 e. The van der Waals surface area contributed by atoms with Crippen molar-refractivity contribution in [3.05, 3.63) is 77.7 Å². The van der Waals surface area contributed by atoms with E-state index in [2.05, 4.69) is 10.3 Å². The number of rotatable bonds is 4. The molecule has 0 fully saturated rings. The number of sulfonamides is 1. The van der Waals surface area contributed by atoms with Crippen molar-refractivity contribution in [2.45, 2.75) is 18.7 Å². The van der Waals surface area contributed by atoms with Crippen molar-refractivity contribution in [2.24, 2.45) is 0 Å². The lowest BCUT2D eigenvalue weighted by Crippen LogP contribution is -2.47. The fraction of sp³-hybridized carbons (Fsp3) is 0.182. The molecular formula is C22H21FN4O3S. The topological polar surface area (TPSA) is 82.6 Å². The molecule has 160 valence electrons. The number of anilines is 3. The van der Waals surface area contributed by atoms with Gasteiger partial charge in [-0.05, 0) is 55.8 Å². The van der Waals surface area contributed by atoms with Gasteiger partial charge >= 0.3 is 0 Å². The second-order valence-corrected chi connectivity index (χ2v) is 9.26. The highest BCUT2D eigenvalue weighted by molar-refractivity contribution is 7.89. The molecule has 1 aromatic heterocycles. The van der Waals surface area contributed by atoms with E-state index in [0.717, 1.165) is 15.4 Å². The first-order valence-electron chi connectivity index (χ1n) is 9.61. The Bertz CT molecular complexity index is 1260. The number of benzene rings is 2. The van der Waals surface area contributed by atoms with Crippen molar-refractivity contribution in [3.63, 3.8) is 0 Å². The number of carbonyl (C=O) groups excluding carboxylic acids is 1. The lowest BCUT2D eigenvalue weighted by atomic mass is 10.1. The van der Waals surface area contributed by atoms with Gasteiger partial charge in [-0.1, -0.05) is 23.8 Å². The molecular weight excluding hydrogens is 419 g/mol. The number of aromatic nitrogens is 1. The summed E-state index contributed by atoms with van der Waals surface area (Å²) in [6.45, 7) is 3.26. The van der Waals surface area contributed by atoms with E-state index in [-0.39, 0.29) is 17.4 Å². The van der Waals surface area contributed by atoms with Crippen LogP contribution in [0.15, 0.2) is 65.7 Å². The second kappa shape index (κ2) is 8.09. The molecule has 2 aromatic carbocycles. The standard InChI is InChI=1S/C22H21FN4O3S/c1-15-8-9-19(16(2)11-15)25-21(28)13-26-14-27(18-6-3-5-17(23)12-18)22-20(31(26,29)30)7-4-10-24-22/h3-12H,13-14H2,1-2H3,(H,25,28). The van der Waals surface area contributed by atoms with Crippen LogP contribution in [0.4, 0.5) is 21.6 Å². The van der Waals surface area contributed by atoms with Crippen LogP contribution in [0.3, 0.4) is 0 Å². The molecule has 31 heavy (non-hydrogen) atoms. The van der Waals surface area contributed by atoms with Gasteiger partial charge in [-0.25, -0.2) is 17.8 Å². The van der Waals surface area contributed by atoms with Gasteiger partial charge in [0.1, 0.15) is 10.7 Å². The van der Waals surface area contributed by atoms with Crippen LogP contribution in [0.25, 0.3) is 0 Å². The number of hydrogen-bond acceptors (Lipinski definition) is 5. The molecule has 0 radical (unpaired) electrons. The Labute approximate surface area is 180 Å². The fourth-order valence-electron chi connectivity index (χ4n) is 3.51. The average Bonchev–Trinajstić information content (AvgIpc) is 2.72. The second-order valence-electron chi connectivity index (χ2n) is 7.36. The lowest BCUT2D eigenvalue weighted by Gasteiger charge is -2.36. The summed E-state index contributed by atoms with van der Waals surface area (Å²) in [5.41, 5.74) is 3.00. The summed E-state index contributed by atoms with van der Waals surface area (Å²) in [6.07, 6.45) is 1.48. The van der Waals surface area contributed by atoms with Gasteiger partial charge in [0, 0.05) is 17.6 Å². The molecule has 0 saturated heterocycles. The van der Waals surface area contributed by atoms with Crippen LogP contribution in [-0.4, -0.2) is 36.8 Å². The molecule has 0 saturated carbocycles. The number of nitrogens with one attached hydrogen (secondary N) is 1. The molecule has 0 spiro atoms. The summed E-state index contributed by atoms with van der Waals surface area (Å²) in [5, 5.41) is 2.77. The Morgan fingerprint density at radius 2 is 1.94 bits per heavy atom. The van der Waals surface area contributed by atoms with Gasteiger partial charge in [0.2, 0.25) is 15.9 Å². The van der Waals surface area contributed by atoms with Crippen LogP contribution in [0.2, 0.25) is 0 Å². The molecule has 7 nitrogen and oxygen atoms in total. The van der Waals surface area contributed by atoms with E-state index in [4.69, 9.17) is 0 Å². The summed E-state index contributed by atoms with van der Waals surface area (Å²) in [6, 6.07) is 14.3. The van der Waals surface area contributed by atoms with Crippen molar-refractivity contribution in [2.75, 3.05) is 23.4 Å². The van der Waals surface area contributed by atoms with E-state index in [0.29, 0.717) is 11.4 Å². The minimum absolute atomic E-state index is 0.0372. The molecule has 1 aliphatic rings. The third-order valence-corrected chi connectivity index (χ3v) is 6.82. The Morgan fingerprint density at radius 3 is 2.68 bits per heavy atom. The van der Waals surface area contributed by atoms with Gasteiger partial charge in [-0.2, -0.15) is 4.31 Å². The Balaban J connectivity index is 1.65. The predicted octanol–water partition coefficient (Wildman–Crippen LogP) is 3.58. The van der Waals surface area contributed by atoms with Gasteiger partial charge in [0.25, 0.3) is 0 Å². The van der Waals surface area contributed by atoms with Crippen LogP contribution < -0.4 is 10.2 Å². The SMILES string of the molecule is Cc1ccc(NC(=O)CN2CN(c3cccc(F)c3)c3ncccc3S2(=O)=O)c(C)c1. The van der Waals surface area contributed by atoms with E-state index in [1.54, 1.807) is 17.0 Å². The third kappa shape index (κ3) is 4.14. The van der Waals surface area contributed by atoms with E-state index in [9.17, 15) is 17.6 Å². The molecule has 0 bridgehead atoms. The van der Waals surface area contributed by atoms with E-state index in [1.807, 2.05) is 26.0 Å². The maximum atomic E-state index is 13.8. The smallest absolute Gasteiger partial charge is 0.248 e. The van der Waals surface area contributed by atoms with Gasteiger partial charge in [0.15, 0.2) is 5.82 Å². The number of amides is 1. The van der Waals surface area contributed by atoms with E-state index >= 15 is 0 Å². The van der Waals surface area contributed by atoms with E-state index in [1.165, 1.54) is 36.5 Å². The summed E-state index contributed by atoms with van der Waals surface area (Å²) in [5.74, 6) is -0.733. The molecule has 0 aliphatic carbocycles. The number of aryl methyl sites for hydroxylation is 2. The van der Waals surface area contributed by atoms with Crippen molar-refractivity contribution in [1.29, 1.82) is 0 Å². The minimum Gasteiger partial charge on any atom is -0.325 e. The van der Waals surface area contributed by atoms with E-state index < -0.39 is 28.3 Å². The molecule has 3 aromatic rings. The first-order valence-corrected chi connectivity index (χ1v) is 11.0. The summed E-state index contributed by atoms with van der Waals surface area (Å²) >= 11 is 0. The fourth-order valence-corrected chi connectivity index (χ4v) is 4.99. The average molecular weight is 441 g/mol. The zero-order valence-corrected chi connectivity index (χ0v) is 17.9. The summed E-state index contributed by atoms with van der Waals surface area (Å²) in [4.78, 5) is 18.4. The highest BCUT2D eigenvalue weighted by Gasteiger charge is 2.38. The number of pyridine rings is 1. The number of carbonyl (C=O) groups is 1. The van der Waals surface area contributed by atoms with Gasteiger partial charge in [0.05, 0.1) is 13.2 Å². The Kier molecular flexibility index (Phi) is 5.47. The number of halogens is 1. The maximum Gasteiger partial charge on any atom is 0.248 e. The normalized spacial score (nSPS) is 15.4. The molecule has 9 heteroatoms. The molecule has 1 aliphatic heterocycles. The zero-order valence-electron chi connectivity index (χ0n) is 17.0. The molecule has 0 atom stereocenters. The van der Waals surface area contributed by atoms with Crippen LogP contribution in [0.5, 0.6) is 0 Å². The van der Waals surface area contributed by atoms with Crippen molar-refractivity contribution < 1.29 is 17.6 Å². The zero-order chi connectivity index (χ0) is 22.2. The van der Waals surface area contributed by atoms with Gasteiger partial charge in [-0.15, -0.1) is 0 Å². The van der Waals surface area contributed by atoms with Crippen LogP contribution >= 0.6 is 0 Å². The third-order valence-electron chi connectivity index (χ3n) is 5.02. The Morgan fingerprint density at radius 1 is 1.13 bits per heavy atom. The molecule has 1 amide bonds. The van der Waals surface area contributed by atoms with Crippen LogP contribution in [-0.2, 0) is 14.8 Å². The van der Waals surface area contributed by atoms with Crippen LogP contribution in [0.1, 0.15) is 11.1 Å². The van der Waals surface area contributed by atoms with Gasteiger partial charge in [-0.3, -0.25) is 4.79 Å². The highest BCUT2D eigenvalue weighted by atomic mass is 32.2. The summed E-state index contributed by atoms with van der Waals surface area (Å²) < 4.78 is 41.2. The Hall–Kier alpha value is -3.30. The molecule has 4 rings (SSSR count). The number of nitrogens with zero attached hydrogens (tertiary/aromatic N) is 3. The minimum atomic E-state index is -3.96. The molecule has 1 N–H and O–H groups in total. The number of hydrogen-bond donors (Lipinski definition) is 1. The lowest BCUT2D eigenvalue weighted by molar-refractivity contribution is -0.116. The van der Waals surface area contributed by atoms with Crippen LogP contribution in [0, 0.1) is 19.7 Å². The first-order chi connectivity index (χ1) is 14.8. The van der Waals surface area contributed by atoms with Crippen molar-refractivity contribution in [1.82, 2.24) is 9.29 Å². The monoisotopic (exact) mass is 440 g/mol. The predicted molar refractivity (Wildman–Crippen MR) is 116 cm³/mol. The first kappa shape index (κ1) is 21.0. The quantitative estimate of drug-likeness (QED) is 0.671. The highest BCUT2D eigenvalue weighted by Crippen LogP contribution is 2.36. The maximum absolute atomic E-state index is 13.8. The van der Waals surface area contributed by atoms with Crippen molar-refractivity contribution in [3.8, 4) is 0 Å². The molecule has 0 unspecified atom stereocenters. The number of fused-ring (bicyclic) bond motifs is 1. The summed E-state index contributed by atoms with van der Waals surface area (Å²) in [7, 11) is -3.96. The molecule has 2 heterocycles.